The quantitative estimate of drug-likeness (QED) is 0.361. The van der Waals surface area contributed by atoms with Gasteiger partial charge in [-0.25, -0.2) is 4.98 Å². The molecular weight excluding hydrogens is 390 g/mol. The minimum absolute atomic E-state index is 0.0169. The Morgan fingerprint density at radius 3 is 2.66 bits per heavy atom. The first-order chi connectivity index (χ1) is 13.9. The van der Waals surface area contributed by atoms with E-state index in [4.69, 9.17) is 0 Å². The van der Waals surface area contributed by atoms with Crippen molar-refractivity contribution in [1.29, 1.82) is 0 Å². The molecule has 1 heterocycles. The zero-order valence-electron chi connectivity index (χ0n) is 15.2. The standard InChI is InChI=1S/C21H15N3O4S/c1-12-6-7-13(10-17(12)24(27)28)20(26)22-14-8-9-15(18(25)11-14)21-23-16-4-2-3-5-19(16)29-21/h2-11,25H,1H3,(H,22,26). The van der Waals surface area contributed by atoms with Crippen molar-refractivity contribution in [2.45, 2.75) is 6.92 Å². The molecule has 0 spiro atoms. The van der Waals surface area contributed by atoms with Crippen LogP contribution in [0.15, 0.2) is 60.7 Å². The number of thiazole rings is 1. The summed E-state index contributed by atoms with van der Waals surface area (Å²) in [6.07, 6.45) is 0. The van der Waals surface area contributed by atoms with Crippen molar-refractivity contribution >= 4 is 38.8 Å². The fourth-order valence-corrected chi connectivity index (χ4v) is 3.93. The Balaban J connectivity index is 1.59. The average Bonchev–Trinajstić information content (AvgIpc) is 3.12. The average molecular weight is 405 g/mol. The van der Waals surface area contributed by atoms with Gasteiger partial charge in [0.2, 0.25) is 0 Å². The van der Waals surface area contributed by atoms with Crippen molar-refractivity contribution in [3.05, 3.63) is 81.9 Å². The van der Waals surface area contributed by atoms with Crippen LogP contribution in [0.2, 0.25) is 0 Å². The zero-order chi connectivity index (χ0) is 20.5. The van der Waals surface area contributed by atoms with E-state index in [9.17, 15) is 20.0 Å². The number of amides is 1. The topological polar surface area (TPSA) is 105 Å². The fourth-order valence-electron chi connectivity index (χ4n) is 2.93. The number of aryl methyl sites for hydroxylation is 1. The normalized spacial score (nSPS) is 10.8. The number of nitrogens with one attached hydrogen (secondary N) is 1. The maximum Gasteiger partial charge on any atom is 0.273 e. The number of para-hydroxylation sites is 1. The Kier molecular flexibility index (Phi) is 4.69. The van der Waals surface area contributed by atoms with E-state index in [-0.39, 0.29) is 17.0 Å². The Labute approximate surface area is 169 Å². The van der Waals surface area contributed by atoms with Gasteiger partial charge in [0.25, 0.3) is 11.6 Å². The van der Waals surface area contributed by atoms with Crippen molar-refractivity contribution in [3.8, 4) is 16.3 Å². The van der Waals surface area contributed by atoms with E-state index in [2.05, 4.69) is 10.3 Å². The molecular formula is C21H15N3O4S. The largest absolute Gasteiger partial charge is 0.507 e. The van der Waals surface area contributed by atoms with E-state index in [1.54, 1.807) is 19.1 Å². The highest BCUT2D eigenvalue weighted by molar-refractivity contribution is 7.21. The number of aromatic hydroxyl groups is 1. The number of rotatable bonds is 4. The first-order valence-corrected chi connectivity index (χ1v) is 9.49. The predicted molar refractivity (Wildman–Crippen MR) is 113 cm³/mol. The van der Waals surface area contributed by atoms with E-state index in [0.29, 0.717) is 21.8 Å². The molecule has 0 saturated heterocycles. The summed E-state index contributed by atoms with van der Waals surface area (Å²) in [5, 5.41) is 24.8. The molecule has 7 nitrogen and oxygen atoms in total. The van der Waals surface area contributed by atoms with Crippen molar-refractivity contribution in [2.24, 2.45) is 0 Å². The number of hydrogen-bond donors (Lipinski definition) is 2. The van der Waals surface area contributed by atoms with Gasteiger partial charge in [-0.3, -0.25) is 14.9 Å². The van der Waals surface area contributed by atoms with Crippen molar-refractivity contribution in [2.75, 3.05) is 5.32 Å². The van der Waals surface area contributed by atoms with Crippen LogP contribution < -0.4 is 5.32 Å². The summed E-state index contributed by atoms with van der Waals surface area (Å²) in [4.78, 5) is 27.5. The van der Waals surface area contributed by atoms with Gasteiger partial charge in [-0.05, 0) is 37.3 Å². The third-order valence-corrected chi connectivity index (χ3v) is 5.52. The number of anilines is 1. The summed E-state index contributed by atoms with van der Waals surface area (Å²) in [6, 6.07) is 16.8. The molecule has 0 saturated carbocycles. The number of phenolic OH excluding ortho intramolecular Hbond substituents is 1. The summed E-state index contributed by atoms with van der Waals surface area (Å²) in [5.74, 6) is -0.517. The fraction of sp³-hybridized carbons (Fsp3) is 0.0476. The number of phenols is 1. The maximum atomic E-state index is 12.5. The van der Waals surface area contributed by atoms with E-state index in [1.807, 2.05) is 24.3 Å². The maximum absolute atomic E-state index is 12.5. The zero-order valence-corrected chi connectivity index (χ0v) is 16.1. The summed E-state index contributed by atoms with van der Waals surface area (Å²) < 4.78 is 1.01. The third-order valence-electron chi connectivity index (χ3n) is 4.45. The Morgan fingerprint density at radius 1 is 1.14 bits per heavy atom. The van der Waals surface area contributed by atoms with Gasteiger partial charge in [0.1, 0.15) is 10.8 Å². The van der Waals surface area contributed by atoms with Crippen LogP contribution in [-0.2, 0) is 0 Å². The molecule has 4 rings (SSSR count). The van der Waals surface area contributed by atoms with Crippen LogP contribution in [0.1, 0.15) is 15.9 Å². The molecule has 0 bridgehead atoms. The Bertz CT molecular complexity index is 1230. The molecule has 0 unspecified atom stereocenters. The summed E-state index contributed by atoms with van der Waals surface area (Å²) in [7, 11) is 0. The molecule has 0 atom stereocenters. The number of aromatic nitrogens is 1. The molecule has 0 radical (unpaired) electrons. The van der Waals surface area contributed by atoms with Crippen LogP contribution in [0.3, 0.4) is 0 Å². The van der Waals surface area contributed by atoms with Gasteiger partial charge >= 0.3 is 0 Å². The van der Waals surface area contributed by atoms with E-state index < -0.39 is 10.8 Å². The van der Waals surface area contributed by atoms with Crippen LogP contribution in [0.25, 0.3) is 20.8 Å². The van der Waals surface area contributed by atoms with Gasteiger partial charge in [-0.2, -0.15) is 0 Å². The van der Waals surface area contributed by atoms with Gasteiger partial charge in [-0.15, -0.1) is 11.3 Å². The lowest BCUT2D eigenvalue weighted by molar-refractivity contribution is -0.385. The number of carbonyl (C=O) groups is 1. The lowest BCUT2D eigenvalue weighted by Crippen LogP contribution is -2.12. The number of fused-ring (bicyclic) bond motifs is 1. The highest BCUT2D eigenvalue weighted by atomic mass is 32.1. The van der Waals surface area contributed by atoms with E-state index in [0.717, 1.165) is 10.2 Å². The highest BCUT2D eigenvalue weighted by Crippen LogP contribution is 2.36. The second-order valence-corrected chi connectivity index (χ2v) is 7.46. The number of nitro benzene ring substituents is 1. The monoisotopic (exact) mass is 405 g/mol. The molecule has 0 aliphatic carbocycles. The summed E-state index contributed by atoms with van der Waals surface area (Å²) >= 11 is 1.46. The molecule has 144 valence electrons. The first kappa shape index (κ1) is 18.6. The molecule has 1 aromatic heterocycles. The van der Waals surface area contributed by atoms with Crippen molar-refractivity contribution in [3.63, 3.8) is 0 Å². The lowest BCUT2D eigenvalue weighted by atomic mass is 10.1. The van der Waals surface area contributed by atoms with E-state index >= 15 is 0 Å². The number of carbonyl (C=O) groups excluding carboxylic acids is 1. The Hall–Kier alpha value is -3.78. The molecule has 3 aromatic carbocycles. The van der Waals surface area contributed by atoms with Gasteiger partial charge < -0.3 is 10.4 Å². The van der Waals surface area contributed by atoms with Crippen LogP contribution in [0, 0.1) is 17.0 Å². The molecule has 8 heteroatoms. The van der Waals surface area contributed by atoms with Crippen LogP contribution in [0.4, 0.5) is 11.4 Å². The molecule has 1 amide bonds. The minimum atomic E-state index is -0.523. The molecule has 2 N–H and O–H groups in total. The lowest BCUT2D eigenvalue weighted by Gasteiger charge is -2.08. The van der Waals surface area contributed by atoms with Crippen LogP contribution in [-0.4, -0.2) is 20.9 Å². The number of nitro groups is 1. The van der Waals surface area contributed by atoms with Crippen molar-refractivity contribution in [1.82, 2.24) is 4.98 Å². The minimum Gasteiger partial charge on any atom is -0.507 e. The van der Waals surface area contributed by atoms with Crippen LogP contribution in [0.5, 0.6) is 5.75 Å². The van der Waals surface area contributed by atoms with E-state index in [1.165, 1.54) is 35.6 Å². The summed E-state index contributed by atoms with van der Waals surface area (Å²) in [5.41, 5.74) is 2.31. The molecule has 0 aliphatic rings. The number of benzene rings is 3. The Morgan fingerprint density at radius 2 is 1.93 bits per heavy atom. The highest BCUT2D eigenvalue weighted by Gasteiger charge is 2.16. The summed E-state index contributed by atoms with van der Waals surface area (Å²) in [6.45, 7) is 1.61. The third kappa shape index (κ3) is 3.65. The molecule has 0 aliphatic heterocycles. The molecule has 0 fully saturated rings. The second kappa shape index (κ2) is 7.33. The van der Waals surface area contributed by atoms with Crippen LogP contribution >= 0.6 is 11.3 Å². The molecule has 4 aromatic rings. The van der Waals surface area contributed by atoms with Gasteiger partial charge in [-0.1, -0.05) is 18.2 Å². The molecule has 29 heavy (non-hydrogen) atoms. The van der Waals surface area contributed by atoms with Crippen molar-refractivity contribution < 1.29 is 14.8 Å². The first-order valence-electron chi connectivity index (χ1n) is 8.68. The SMILES string of the molecule is Cc1ccc(C(=O)Nc2ccc(-c3nc4ccccc4s3)c(O)c2)cc1[N+](=O)[O-]. The predicted octanol–water partition coefficient (Wildman–Crippen LogP) is 5.14. The number of nitrogens with zero attached hydrogens (tertiary/aromatic N) is 2. The van der Waals surface area contributed by atoms with Gasteiger partial charge in [0.05, 0.1) is 20.7 Å². The second-order valence-electron chi connectivity index (χ2n) is 6.43. The smallest absolute Gasteiger partial charge is 0.273 e. The number of hydrogen-bond acceptors (Lipinski definition) is 6. The van der Waals surface area contributed by atoms with Gasteiger partial charge in [0, 0.05) is 28.9 Å². The van der Waals surface area contributed by atoms with Gasteiger partial charge in [0.15, 0.2) is 0 Å².